The van der Waals surface area contributed by atoms with Crippen molar-refractivity contribution in [2.75, 3.05) is 7.11 Å². The lowest BCUT2D eigenvalue weighted by Gasteiger charge is -2.30. The number of carbonyl (C=O) groups is 1. The third kappa shape index (κ3) is 5.43. The maximum Gasteiger partial charge on any atom is 0.425 e. The van der Waals surface area contributed by atoms with E-state index in [2.05, 4.69) is 10.4 Å². The highest BCUT2D eigenvalue weighted by atomic mass is 19.4. The number of methoxy groups -OCH3 is 1. The number of hydrogen-bond donors (Lipinski definition) is 1. The lowest BCUT2D eigenvalue weighted by atomic mass is 9.95. The Morgan fingerprint density at radius 2 is 1.84 bits per heavy atom. The van der Waals surface area contributed by atoms with Crippen LogP contribution in [-0.2, 0) is 29.2 Å². The summed E-state index contributed by atoms with van der Waals surface area (Å²) in [4.78, 5) is 25.9. The zero-order valence-electron chi connectivity index (χ0n) is 20.8. The number of fused-ring (bicyclic) bond motifs is 1. The smallest absolute Gasteiger partial charge is 0.425 e. The molecular formula is C25H26F4N4O5. The van der Waals surface area contributed by atoms with Crippen LogP contribution in [0.25, 0.3) is 5.69 Å². The Morgan fingerprint density at radius 1 is 1.13 bits per heavy atom. The lowest BCUT2D eigenvalue weighted by Crippen LogP contribution is -2.45. The number of amides is 1. The van der Waals surface area contributed by atoms with E-state index in [1.54, 1.807) is 6.92 Å². The number of hydrogen-bond acceptors (Lipinski definition) is 6. The predicted molar refractivity (Wildman–Crippen MR) is 127 cm³/mol. The molecule has 1 aliphatic rings. The third-order valence-corrected chi connectivity index (χ3v) is 6.04. The van der Waals surface area contributed by atoms with Crippen LogP contribution >= 0.6 is 0 Å². The Balaban J connectivity index is 1.75. The minimum Gasteiger partial charge on any atom is -0.480 e. The molecule has 13 heteroatoms. The number of alkyl halides is 4. The monoisotopic (exact) mass is 538 g/mol. The van der Waals surface area contributed by atoms with Crippen molar-refractivity contribution in [3.05, 3.63) is 75.5 Å². The van der Waals surface area contributed by atoms with E-state index < -0.39 is 47.6 Å². The van der Waals surface area contributed by atoms with Gasteiger partial charge in [-0.25, -0.2) is 9.18 Å². The highest BCUT2D eigenvalue weighted by molar-refractivity contribution is 6.00. The first-order valence-electron chi connectivity index (χ1n) is 11.7. The van der Waals surface area contributed by atoms with Crippen LogP contribution in [0.1, 0.15) is 47.3 Å². The maximum absolute atomic E-state index is 15.3. The molecule has 0 bridgehead atoms. The van der Waals surface area contributed by atoms with Gasteiger partial charge in [0.1, 0.15) is 12.4 Å². The lowest BCUT2D eigenvalue weighted by molar-refractivity contribution is -0.189. The van der Waals surface area contributed by atoms with Crippen molar-refractivity contribution in [3.8, 4) is 11.4 Å². The molecule has 38 heavy (non-hydrogen) atoms. The Hall–Kier alpha value is -3.71. The number of nitrogens with zero attached hydrogens (tertiary/aromatic N) is 3. The molecule has 3 atom stereocenters. The number of rotatable bonds is 9. The summed E-state index contributed by atoms with van der Waals surface area (Å²) in [5.41, 5.74) is -0.503. The van der Waals surface area contributed by atoms with Crippen LogP contribution in [0.4, 0.5) is 17.6 Å². The first-order valence-corrected chi connectivity index (χ1v) is 11.7. The summed E-state index contributed by atoms with van der Waals surface area (Å²) in [7, 11) is 1.17. The van der Waals surface area contributed by atoms with Gasteiger partial charge in [-0.2, -0.15) is 17.9 Å². The van der Waals surface area contributed by atoms with Crippen molar-refractivity contribution < 1.29 is 36.6 Å². The van der Waals surface area contributed by atoms with Gasteiger partial charge in [0.2, 0.25) is 0 Å². The van der Waals surface area contributed by atoms with Gasteiger partial charge in [0.25, 0.3) is 5.91 Å². The van der Waals surface area contributed by atoms with Gasteiger partial charge in [-0.1, -0.05) is 30.3 Å². The molecule has 0 radical (unpaired) electrons. The Kier molecular flexibility index (Phi) is 7.88. The summed E-state index contributed by atoms with van der Waals surface area (Å²) in [6, 6.07) is 11.6. The predicted octanol–water partition coefficient (Wildman–Crippen LogP) is 3.83. The van der Waals surface area contributed by atoms with Gasteiger partial charge in [-0.15, -0.1) is 5.10 Å². The number of carbonyl (C=O) groups excluding carboxylic acids is 1. The molecular weight excluding hydrogens is 512 g/mol. The number of nitrogens with one attached hydrogen (secondary N) is 1. The van der Waals surface area contributed by atoms with Crippen LogP contribution < -0.4 is 15.7 Å². The van der Waals surface area contributed by atoms with Gasteiger partial charge in [0.05, 0.1) is 17.9 Å². The molecule has 0 saturated heterocycles. The Bertz CT molecular complexity index is 1360. The molecule has 1 N–H and O–H groups in total. The first-order chi connectivity index (χ1) is 18.0. The van der Waals surface area contributed by atoms with Gasteiger partial charge in [-0.3, -0.25) is 9.36 Å². The summed E-state index contributed by atoms with van der Waals surface area (Å²) >= 11 is 0. The molecule has 1 aliphatic heterocycles. The zero-order valence-corrected chi connectivity index (χ0v) is 20.8. The van der Waals surface area contributed by atoms with Crippen LogP contribution in [0, 0.1) is 0 Å². The molecule has 3 unspecified atom stereocenters. The van der Waals surface area contributed by atoms with Crippen molar-refractivity contribution in [2.45, 2.75) is 58.3 Å². The molecule has 0 aliphatic carbocycles. The van der Waals surface area contributed by atoms with Gasteiger partial charge >= 0.3 is 11.9 Å². The Labute approximate surface area is 214 Å². The molecule has 0 fully saturated rings. The zero-order chi connectivity index (χ0) is 27.6. The summed E-state index contributed by atoms with van der Waals surface area (Å²) < 4.78 is 73.1. The fourth-order valence-electron chi connectivity index (χ4n) is 4.03. The molecule has 3 aromatic rings. The molecule has 204 valence electrons. The van der Waals surface area contributed by atoms with E-state index in [0.717, 1.165) is 23.2 Å². The van der Waals surface area contributed by atoms with Crippen molar-refractivity contribution in [2.24, 2.45) is 0 Å². The average Bonchev–Trinajstić information content (AvgIpc) is 3.20. The topological polar surface area (TPSA) is 96.6 Å². The second kappa shape index (κ2) is 11.0. The summed E-state index contributed by atoms with van der Waals surface area (Å²) in [6.07, 6.45) is -10.4. The van der Waals surface area contributed by atoms with Gasteiger partial charge in [0, 0.05) is 25.3 Å². The largest absolute Gasteiger partial charge is 0.480 e. The molecule has 1 amide bonds. The minimum absolute atomic E-state index is 0.0374. The molecule has 4 rings (SSSR count). The fraction of sp³-hybridized carbons (Fsp3) is 0.400. The Morgan fingerprint density at radius 3 is 2.47 bits per heavy atom. The molecule has 9 nitrogen and oxygen atoms in total. The number of ether oxygens (including phenoxy) is 3. The van der Waals surface area contributed by atoms with Gasteiger partial charge in [-0.05, 0) is 25.5 Å². The van der Waals surface area contributed by atoms with Crippen molar-refractivity contribution in [1.29, 1.82) is 0 Å². The molecule has 1 aromatic heterocycles. The van der Waals surface area contributed by atoms with E-state index in [4.69, 9.17) is 14.2 Å². The van der Waals surface area contributed by atoms with Crippen molar-refractivity contribution in [3.63, 3.8) is 0 Å². The van der Waals surface area contributed by atoms with Crippen LogP contribution in [0.2, 0.25) is 0 Å². The van der Waals surface area contributed by atoms with Gasteiger partial charge < -0.3 is 19.5 Å². The van der Waals surface area contributed by atoms with E-state index in [9.17, 15) is 22.8 Å². The summed E-state index contributed by atoms with van der Waals surface area (Å²) in [5, 5.41) is 6.55. The van der Waals surface area contributed by atoms with Crippen LogP contribution in [0.3, 0.4) is 0 Å². The number of benzene rings is 2. The summed E-state index contributed by atoms with van der Waals surface area (Å²) in [6.45, 7) is 2.91. The van der Waals surface area contributed by atoms with Crippen molar-refractivity contribution >= 4 is 5.91 Å². The average molecular weight is 538 g/mol. The van der Waals surface area contributed by atoms with Gasteiger partial charge in [0.15, 0.2) is 24.3 Å². The second-order valence-corrected chi connectivity index (χ2v) is 8.57. The number of halogens is 4. The van der Waals surface area contributed by atoms with Crippen LogP contribution in [0.5, 0.6) is 5.75 Å². The van der Waals surface area contributed by atoms with E-state index in [-0.39, 0.29) is 36.8 Å². The molecule has 0 saturated carbocycles. The van der Waals surface area contributed by atoms with E-state index in [1.165, 1.54) is 17.7 Å². The van der Waals surface area contributed by atoms with Crippen LogP contribution in [-0.4, -0.2) is 45.9 Å². The van der Waals surface area contributed by atoms with Crippen molar-refractivity contribution in [1.82, 2.24) is 19.7 Å². The fourth-order valence-corrected chi connectivity index (χ4v) is 4.03. The SMILES string of the molecule is CCn1c(COCc2ccccc2)nn(-c2cc(OC(C)C(F)(F)F)c3c(c2)C(F)C(OC)NC3=O)c1=O. The summed E-state index contributed by atoms with van der Waals surface area (Å²) in [5.74, 6) is -1.17. The minimum atomic E-state index is -4.76. The van der Waals surface area contributed by atoms with E-state index >= 15 is 4.39 Å². The maximum atomic E-state index is 15.3. The standard InChI is InChI=1S/C25H26F4N4O5/c1-4-32-19(13-37-12-15-8-6-5-7-9-15)31-33(24(32)35)16-10-17-20(22(34)30-23(36-3)21(17)26)18(11-16)38-14(2)25(27,28)29/h5-11,14,21,23H,4,12-13H2,1-3H3,(H,30,34). The number of aromatic nitrogens is 3. The third-order valence-electron chi connectivity index (χ3n) is 6.04. The van der Waals surface area contributed by atoms with Crippen LogP contribution in [0.15, 0.2) is 47.3 Å². The highest BCUT2D eigenvalue weighted by Crippen LogP contribution is 2.38. The first kappa shape index (κ1) is 27.3. The normalized spacial score (nSPS) is 18.1. The van der Waals surface area contributed by atoms with E-state index in [0.29, 0.717) is 0 Å². The molecule has 2 heterocycles. The highest BCUT2D eigenvalue weighted by Gasteiger charge is 2.41. The molecule has 0 spiro atoms. The molecule has 2 aromatic carbocycles. The second-order valence-electron chi connectivity index (χ2n) is 8.57. The van der Waals surface area contributed by atoms with E-state index in [1.807, 2.05) is 30.3 Å². The quantitative estimate of drug-likeness (QED) is 0.416.